The Morgan fingerprint density at radius 3 is 1.76 bits per heavy atom. The minimum absolute atomic E-state index is 0.271. The lowest BCUT2D eigenvalue weighted by Crippen LogP contribution is -2.35. The monoisotopic (exact) mass is 298 g/mol. The number of hydrogen-bond donors (Lipinski definition) is 0. The van der Waals surface area contributed by atoms with Gasteiger partial charge in [0.2, 0.25) is 5.79 Å². The second-order valence-corrected chi connectivity index (χ2v) is 6.10. The van der Waals surface area contributed by atoms with Crippen LogP contribution in [0.15, 0.2) is 24.3 Å². The summed E-state index contributed by atoms with van der Waals surface area (Å²) in [5.74, 6) is -2.01. The third-order valence-corrected chi connectivity index (χ3v) is 2.56. The molecule has 0 rings (SSSR count). The van der Waals surface area contributed by atoms with Gasteiger partial charge in [-0.25, -0.2) is 9.59 Å². The van der Waals surface area contributed by atoms with Gasteiger partial charge in [0, 0.05) is 31.4 Å². The summed E-state index contributed by atoms with van der Waals surface area (Å²) < 4.78 is 16.0. The van der Waals surface area contributed by atoms with Crippen LogP contribution in [-0.2, 0) is 23.8 Å². The van der Waals surface area contributed by atoms with Crippen LogP contribution in [0.25, 0.3) is 0 Å². The zero-order valence-electron chi connectivity index (χ0n) is 13.9. The highest BCUT2D eigenvalue weighted by Crippen LogP contribution is 2.20. The van der Waals surface area contributed by atoms with Crippen molar-refractivity contribution in [2.24, 2.45) is 0 Å². The number of carbonyl (C=O) groups is 2. The van der Waals surface area contributed by atoms with Crippen molar-refractivity contribution in [2.45, 2.75) is 59.4 Å². The zero-order chi connectivity index (χ0) is 16.8. The Morgan fingerprint density at radius 2 is 1.33 bits per heavy atom. The highest BCUT2D eigenvalue weighted by atomic mass is 16.7. The molecule has 0 amide bonds. The van der Waals surface area contributed by atoms with E-state index in [1.54, 1.807) is 41.5 Å². The fourth-order valence-electron chi connectivity index (χ4n) is 1.27. The standard InChI is InChI=1S/C16H26O5/c1-11(2)13(17)20-15(5,6)9-10-19-16(7,8)21-14(18)12(3)4/h1,3,9-10H2,2,4-8H3. The van der Waals surface area contributed by atoms with Crippen molar-refractivity contribution >= 4 is 11.9 Å². The molecule has 5 nitrogen and oxygen atoms in total. The number of ether oxygens (including phenoxy) is 3. The molecule has 0 unspecified atom stereocenters. The molecule has 0 N–H and O–H groups in total. The molecule has 120 valence electrons. The van der Waals surface area contributed by atoms with Crippen molar-refractivity contribution < 1.29 is 23.8 Å². The van der Waals surface area contributed by atoms with Crippen LogP contribution in [0.4, 0.5) is 0 Å². The van der Waals surface area contributed by atoms with Crippen molar-refractivity contribution in [1.29, 1.82) is 0 Å². The Hall–Kier alpha value is -1.62. The number of hydrogen-bond acceptors (Lipinski definition) is 5. The van der Waals surface area contributed by atoms with Crippen LogP contribution in [0.3, 0.4) is 0 Å². The van der Waals surface area contributed by atoms with E-state index in [0.29, 0.717) is 17.6 Å². The van der Waals surface area contributed by atoms with E-state index in [9.17, 15) is 9.59 Å². The molecule has 5 heteroatoms. The maximum atomic E-state index is 11.5. The van der Waals surface area contributed by atoms with Crippen LogP contribution in [0.5, 0.6) is 0 Å². The van der Waals surface area contributed by atoms with E-state index in [4.69, 9.17) is 14.2 Å². The van der Waals surface area contributed by atoms with Crippen molar-refractivity contribution in [3.05, 3.63) is 24.3 Å². The molecule has 0 aromatic carbocycles. The summed E-state index contributed by atoms with van der Waals surface area (Å²) in [5.41, 5.74) is -0.0353. The molecular weight excluding hydrogens is 272 g/mol. The molecule has 0 saturated heterocycles. The van der Waals surface area contributed by atoms with Gasteiger partial charge in [0.05, 0.1) is 6.61 Å². The minimum Gasteiger partial charge on any atom is -0.456 e. The molecule has 0 radical (unpaired) electrons. The topological polar surface area (TPSA) is 61.8 Å². The molecule has 0 bridgehead atoms. The largest absolute Gasteiger partial charge is 0.456 e. The third-order valence-electron chi connectivity index (χ3n) is 2.56. The fraction of sp³-hybridized carbons (Fsp3) is 0.625. The summed E-state index contributed by atoms with van der Waals surface area (Å²) in [5, 5.41) is 0. The lowest BCUT2D eigenvalue weighted by atomic mass is 10.1. The van der Waals surface area contributed by atoms with Gasteiger partial charge in [0.1, 0.15) is 5.60 Å². The molecule has 0 aromatic rings. The van der Waals surface area contributed by atoms with E-state index in [0.717, 1.165) is 0 Å². The Bertz CT molecular complexity index is 392. The molecule has 0 saturated carbocycles. The summed E-state index contributed by atoms with van der Waals surface area (Å²) in [6, 6.07) is 0. The van der Waals surface area contributed by atoms with Crippen molar-refractivity contribution in [1.82, 2.24) is 0 Å². The molecule has 0 spiro atoms. The second kappa shape index (κ2) is 7.41. The first-order chi connectivity index (χ1) is 9.36. The average molecular weight is 298 g/mol. The van der Waals surface area contributed by atoms with Crippen molar-refractivity contribution in [3.63, 3.8) is 0 Å². The van der Waals surface area contributed by atoms with Crippen LogP contribution < -0.4 is 0 Å². The maximum absolute atomic E-state index is 11.5. The number of carbonyl (C=O) groups excluding carboxylic acids is 2. The molecule has 0 atom stereocenters. The van der Waals surface area contributed by atoms with E-state index < -0.39 is 23.3 Å². The Kier molecular flexibility index (Phi) is 6.83. The molecule has 0 aliphatic carbocycles. The zero-order valence-corrected chi connectivity index (χ0v) is 13.9. The van der Waals surface area contributed by atoms with Gasteiger partial charge in [-0.1, -0.05) is 13.2 Å². The number of rotatable bonds is 8. The summed E-state index contributed by atoms with van der Waals surface area (Å²) in [6.07, 6.45) is 0.458. The van der Waals surface area contributed by atoms with Gasteiger partial charge in [-0.3, -0.25) is 0 Å². The van der Waals surface area contributed by atoms with E-state index in [1.807, 2.05) is 0 Å². The predicted octanol–water partition coefficient (Wildman–Crippen LogP) is 3.15. The predicted molar refractivity (Wildman–Crippen MR) is 80.5 cm³/mol. The van der Waals surface area contributed by atoms with Crippen molar-refractivity contribution in [3.8, 4) is 0 Å². The van der Waals surface area contributed by atoms with Crippen LogP contribution in [-0.4, -0.2) is 29.9 Å². The normalized spacial score (nSPS) is 11.7. The first-order valence-electron chi connectivity index (χ1n) is 6.78. The van der Waals surface area contributed by atoms with Gasteiger partial charge < -0.3 is 14.2 Å². The number of esters is 2. The van der Waals surface area contributed by atoms with Gasteiger partial charge in [0.15, 0.2) is 0 Å². The summed E-state index contributed by atoms with van der Waals surface area (Å²) >= 11 is 0. The van der Waals surface area contributed by atoms with Gasteiger partial charge in [0.25, 0.3) is 0 Å². The molecular formula is C16H26O5. The maximum Gasteiger partial charge on any atom is 0.335 e. The third kappa shape index (κ3) is 8.30. The summed E-state index contributed by atoms with van der Waals surface area (Å²) in [7, 11) is 0. The molecule has 0 fully saturated rings. The average Bonchev–Trinajstić information content (AvgIpc) is 2.26. The van der Waals surface area contributed by atoms with E-state index in [2.05, 4.69) is 13.2 Å². The highest BCUT2D eigenvalue weighted by molar-refractivity contribution is 5.87. The molecule has 0 heterocycles. The Balaban J connectivity index is 4.34. The van der Waals surface area contributed by atoms with Crippen LogP contribution >= 0.6 is 0 Å². The first kappa shape index (κ1) is 19.4. The van der Waals surface area contributed by atoms with Crippen LogP contribution in [0, 0.1) is 0 Å². The van der Waals surface area contributed by atoms with E-state index in [-0.39, 0.29) is 6.61 Å². The lowest BCUT2D eigenvalue weighted by molar-refractivity contribution is -0.215. The Morgan fingerprint density at radius 1 is 0.905 bits per heavy atom. The van der Waals surface area contributed by atoms with Gasteiger partial charge in [-0.05, 0) is 27.7 Å². The quantitative estimate of drug-likeness (QED) is 0.391. The van der Waals surface area contributed by atoms with E-state index in [1.165, 1.54) is 0 Å². The lowest BCUT2D eigenvalue weighted by Gasteiger charge is -2.29. The second-order valence-electron chi connectivity index (χ2n) is 6.10. The van der Waals surface area contributed by atoms with Crippen LogP contribution in [0.2, 0.25) is 0 Å². The minimum atomic E-state index is -1.07. The van der Waals surface area contributed by atoms with E-state index >= 15 is 0 Å². The van der Waals surface area contributed by atoms with Gasteiger partial charge in [-0.15, -0.1) is 0 Å². The van der Waals surface area contributed by atoms with Crippen molar-refractivity contribution in [2.75, 3.05) is 6.61 Å². The SMILES string of the molecule is C=C(C)C(=O)OC(C)(C)CCOC(C)(C)OC(=O)C(=C)C. The highest BCUT2D eigenvalue weighted by Gasteiger charge is 2.27. The fourth-order valence-corrected chi connectivity index (χ4v) is 1.27. The van der Waals surface area contributed by atoms with Gasteiger partial charge in [-0.2, -0.15) is 0 Å². The summed E-state index contributed by atoms with van der Waals surface area (Å²) in [4.78, 5) is 23.0. The smallest absolute Gasteiger partial charge is 0.335 e. The summed E-state index contributed by atoms with van der Waals surface area (Å²) in [6.45, 7) is 17.3. The molecule has 0 aliphatic heterocycles. The van der Waals surface area contributed by atoms with Gasteiger partial charge >= 0.3 is 11.9 Å². The molecule has 0 aromatic heterocycles. The molecule has 0 aliphatic rings. The first-order valence-corrected chi connectivity index (χ1v) is 6.78. The Labute approximate surface area is 126 Å². The molecule has 21 heavy (non-hydrogen) atoms. The van der Waals surface area contributed by atoms with Crippen LogP contribution in [0.1, 0.15) is 48.0 Å².